The number of ether oxygens (including phenoxy) is 1. The fourth-order valence-electron chi connectivity index (χ4n) is 1.43. The molecule has 4 N–H and O–H groups in total. The van der Waals surface area contributed by atoms with Crippen LogP contribution in [0.1, 0.15) is 11.6 Å². The largest absolute Gasteiger partial charge is 0.378 e. The van der Waals surface area contributed by atoms with Crippen molar-refractivity contribution in [2.75, 3.05) is 25.5 Å². The van der Waals surface area contributed by atoms with Crippen molar-refractivity contribution in [1.82, 2.24) is 15.3 Å². The van der Waals surface area contributed by atoms with E-state index in [1.165, 1.54) is 6.20 Å². The molecule has 0 aliphatic carbocycles. The van der Waals surface area contributed by atoms with Crippen LogP contribution in [0.4, 0.5) is 5.95 Å². The fraction of sp³-hybridized carbons (Fsp3) is 0.500. The van der Waals surface area contributed by atoms with Crippen molar-refractivity contribution < 1.29 is 4.74 Å². The van der Waals surface area contributed by atoms with Gasteiger partial charge in [0.15, 0.2) is 5.95 Å². The molecule has 1 atom stereocenters. The zero-order valence-corrected chi connectivity index (χ0v) is 7.62. The molecule has 1 aromatic heterocycles. The van der Waals surface area contributed by atoms with Gasteiger partial charge in [0.1, 0.15) is 0 Å². The third-order valence-corrected chi connectivity index (χ3v) is 2.14. The van der Waals surface area contributed by atoms with E-state index in [-0.39, 0.29) is 17.5 Å². The smallest absolute Gasteiger partial charge is 0.257 e. The van der Waals surface area contributed by atoms with Gasteiger partial charge >= 0.3 is 0 Å². The Morgan fingerprint density at radius 1 is 1.64 bits per heavy atom. The second-order valence-electron chi connectivity index (χ2n) is 3.13. The Hall–Kier alpha value is -1.40. The van der Waals surface area contributed by atoms with E-state index in [4.69, 9.17) is 10.5 Å². The molecule has 0 amide bonds. The van der Waals surface area contributed by atoms with Gasteiger partial charge < -0.3 is 15.8 Å². The number of hydrogen-bond donors (Lipinski definition) is 3. The molecule has 0 radical (unpaired) electrons. The van der Waals surface area contributed by atoms with E-state index < -0.39 is 0 Å². The zero-order chi connectivity index (χ0) is 9.97. The minimum Gasteiger partial charge on any atom is -0.378 e. The molecule has 1 aliphatic rings. The average Bonchev–Trinajstić information content (AvgIpc) is 2.19. The van der Waals surface area contributed by atoms with E-state index >= 15 is 0 Å². The van der Waals surface area contributed by atoms with Crippen LogP contribution >= 0.6 is 0 Å². The van der Waals surface area contributed by atoms with Crippen molar-refractivity contribution in [3.63, 3.8) is 0 Å². The highest BCUT2D eigenvalue weighted by Gasteiger charge is 2.18. The molecule has 1 aliphatic heterocycles. The molecular formula is C8H12N4O2. The van der Waals surface area contributed by atoms with Crippen molar-refractivity contribution in [1.29, 1.82) is 0 Å². The summed E-state index contributed by atoms with van der Waals surface area (Å²) < 4.78 is 5.25. The number of morpholine rings is 1. The molecule has 6 heteroatoms. The van der Waals surface area contributed by atoms with Gasteiger partial charge in [0.25, 0.3) is 5.56 Å². The molecule has 76 valence electrons. The van der Waals surface area contributed by atoms with E-state index in [1.54, 1.807) is 0 Å². The molecule has 2 rings (SSSR count). The van der Waals surface area contributed by atoms with Gasteiger partial charge in [0, 0.05) is 12.7 Å². The van der Waals surface area contributed by atoms with Gasteiger partial charge in [-0.2, -0.15) is 0 Å². The summed E-state index contributed by atoms with van der Waals surface area (Å²) in [7, 11) is 0. The highest BCUT2D eigenvalue weighted by atomic mass is 16.5. The summed E-state index contributed by atoms with van der Waals surface area (Å²) in [6, 6.07) is -0.0828. The number of H-pyrrole nitrogens is 1. The number of hydrogen-bond acceptors (Lipinski definition) is 5. The summed E-state index contributed by atoms with van der Waals surface area (Å²) in [5, 5.41) is 3.17. The van der Waals surface area contributed by atoms with Gasteiger partial charge in [0.2, 0.25) is 0 Å². The third kappa shape index (κ3) is 1.75. The number of rotatable bonds is 1. The molecule has 1 aromatic rings. The summed E-state index contributed by atoms with van der Waals surface area (Å²) in [4.78, 5) is 17.8. The summed E-state index contributed by atoms with van der Waals surface area (Å²) in [6.07, 6.45) is 1.49. The lowest BCUT2D eigenvalue weighted by Gasteiger charge is -2.22. The van der Waals surface area contributed by atoms with Crippen LogP contribution in [0.15, 0.2) is 11.0 Å². The minimum atomic E-state index is -0.208. The molecule has 1 unspecified atom stereocenters. The normalized spacial score (nSPS) is 22.1. The summed E-state index contributed by atoms with van der Waals surface area (Å²) >= 11 is 0. The quantitative estimate of drug-likeness (QED) is 0.536. The summed E-state index contributed by atoms with van der Waals surface area (Å²) in [6.45, 7) is 1.92. The first kappa shape index (κ1) is 9.17. The molecule has 2 heterocycles. The van der Waals surface area contributed by atoms with E-state index in [1.807, 2.05) is 0 Å². The molecule has 1 fully saturated rings. The fourth-order valence-corrected chi connectivity index (χ4v) is 1.43. The van der Waals surface area contributed by atoms with Crippen LogP contribution in [0.3, 0.4) is 0 Å². The molecule has 14 heavy (non-hydrogen) atoms. The lowest BCUT2D eigenvalue weighted by molar-refractivity contribution is 0.0763. The number of aromatic amines is 1. The maximum absolute atomic E-state index is 11.5. The molecule has 0 bridgehead atoms. The van der Waals surface area contributed by atoms with Gasteiger partial charge in [-0.05, 0) is 0 Å². The first-order valence-corrected chi connectivity index (χ1v) is 4.43. The van der Waals surface area contributed by atoms with Gasteiger partial charge in [-0.15, -0.1) is 0 Å². The van der Waals surface area contributed by atoms with Crippen molar-refractivity contribution in [3.8, 4) is 0 Å². The Kier molecular flexibility index (Phi) is 2.47. The Morgan fingerprint density at radius 2 is 2.50 bits per heavy atom. The van der Waals surface area contributed by atoms with E-state index in [2.05, 4.69) is 15.3 Å². The average molecular weight is 196 g/mol. The Labute approximate surface area is 80.5 Å². The lowest BCUT2D eigenvalue weighted by Crippen LogP contribution is -2.37. The second-order valence-corrected chi connectivity index (χ2v) is 3.13. The predicted molar refractivity (Wildman–Crippen MR) is 50.8 cm³/mol. The zero-order valence-electron chi connectivity index (χ0n) is 7.62. The molecule has 0 aromatic carbocycles. The van der Waals surface area contributed by atoms with Crippen LogP contribution in [-0.4, -0.2) is 29.7 Å². The highest BCUT2D eigenvalue weighted by molar-refractivity contribution is 5.20. The van der Waals surface area contributed by atoms with Gasteiger partial charge in [-0.3, -0.25) is 9.78 Å². The predicted octanol–water partition coefficient (Wildman–Crippen LogP) is -0.987. The van der Waals surface area contributed by atoms with E-state index in [0.29, 0.717) is 18.8 Å². The number of anilines is 1. The number of nitrogen functional groups attached to an aromatic ring is 1. The highest BCUT2D eigenvalue weighted by Crippen LogP contribution is 2.10. The number of nitrogens with zero attached hydrogens (tertiary/aromatic N) is 1. The first-order valence-electron chi connectivity index (χ1n) is 4.43. The van der Waals surface area contributed by atoms with Gasteiger partial charge in [-0.25, -0.2) is 4.98 Å². The lowest BCUT2D eigenvalue weighted by atomic mass is 10.1. The molecule has 6 nitrogen and oxygen atoms in total. The topological polar surface area (TPSA) is 93.0 Å². The van der Waals surface area contributed by atoms with Gasteiger partial charge in [0.05, 0.1) is 24.8 Å². The molecule has 0 saturated carbocycles. The van der Waals surface area contributed by atoms with Crippen LogP contribution in [0.5, 0.6) is 0 Å². The van der Waals surface area contributed by atoms with Crippen molar-refractivity contribution in [2.24, 2.45) is 0 Å². The second kappa shape index (κ2) is 3.77. The number of aromatic nitrogens is 2. The van der Waals surface area contributed by atoms with Crippen molar-refractivity contribution in [2.45, 2.75) is 6.04 Å². The Morgan fingerprint density at radius 3 is 3.14 bits per heavy atom. The summed E-state index contributed by atoms with van der Waals surface area (Å²) in [5.74, 6) is 0.135. The van der Waals surface area contributed by atoms with Crippen molar-refractivity contribution >= 4 is 5.95 Å². The third-order valence-electron chi connectivity index (χ3n) is 2.14. The van der Waals surface area contributed by atoms with E-state index in [0.717, 1.165) is 6.54 Å². The summed E-state index contributed by atoms with van der Waals surface area (Å²) in [5.41, 5.74) is 5.70. The Bertz CT molecular complexity index is 370. The first-order chi connectivity index (χ1) is 6.77. The monoisotopic (exact) mass is 196 g/mol. The Balaban J connectivity index is 2.26. The number of nitrogens with one attached hydrogen (secondary N) is 2. The van der Waals surface area contributed by atoms with Crippen LogP contribution in [0.2, 0.25) is 0 Å². The maximum atomic E-state index is 11.5. The maximum Gasteiger partial charge on any atom is 0.257 e. The van der Waals surface area contributed by atoms with Crippen molar-refractivity contribution in [3.05, 3.63) is 22.1 Å². The van der Waals surface area contributed by atoms with Gasteiger partial charge in [-0.1, -0.05) is 0 Å². The number of nitrogens with two attached hydrogens (primary N) is 1. The van der Waals surface area contributed by atoms with Crippen LogP contribution in [0, 0.1) is 0 Å². The molecule has 0 spiro atoms. The van der Waals surface area contributed by atoms with Crippen LogP contribution in [0.25, 0.3) is 0 Å². The SMILES string of the molecule is Nc1ncc(C2COCCN2)c(=O)[nH]1. The minimum absolute atomic E-state index is 0.0828. The van der Waals surface area contributed by atoms with Crippen LogP contribution < -0.4 is 16.6 Å². The molecular weight excluding hydrogens is 184 g/mol. The standard InChI is InChI=1S/C8H12N4O2/c9-8-11-3-5(7(13)12-8)6-4-14-2-1-10-6/h3,6,10H,1-2,4H2,(H3,9,11,12,13). The molecule has 1 saturated heterocycles. The van der Waals surface area contributed by atoms with E-state index in [9.17, 15) is 4.79 Å². The van der Waals surface area contributed by atoms with Crippen LogP contribution in [-0.2, 0) is 4.74 Å².